The smallest absolute Gasteiger partial charge is 0.413 e. The van der Waals surface area contributed by atoms with Gasteiger partial charge in [0.2, 0.25) is 16.9 Å². The maximum absolute atomic E-state index is 14.2. The number of nitrogens with one attached hydrogen (secondary N) is 3. The van der Waals surface area contributed by atoms with Crippen molar-refractivity contribution in [3.63, 3.8) is 0 Å². The first-order valence-corrected chi connectivity index (χ1v) is 22.3. The summed E-state index contributed by atoms with van der Waals surface area (Å²) >= 11 is 1.00. The number of anilines is 1. The Balaban J connectivity index is 1.07. The minimum Gasteiger partial charge on any atom is -0.483 e. The van der Waals surface area contributed by atoms with Crippen molar-refractivity contribution in [1.29, 1.82) is 0 Å². The van der Waals surface area contributed by atoms with Crippen molar-refractivity contribution in [2.24, 2.45) is 11.1 Å². The standard InChI is InChI=1S/C48H50N6O11S/c1-47(2,3)64-46(60)52-45-51-36(30-66-45)41(53-65-48(21-13-14-22-48)44(59)62-28-32-17-9-5-10-18-32)39(56)23-34-35(50-42(34)57)25-49-43(58)37-24-38(55)40(61-27-31-15-7-4-8-16-31)26-54(37)63-29-33-19-11-6-12-20-33/h4-12,15-20,24,26,30,34-35H,13-14,21-23,25,27-29H2,1-3H3,(H,49,58)(H,50,57)(H,51,52,60)/b53-41-/t34-,35+/m0/s1. The Bertz CT molecular complexity index is 2610. The van der Waals surface area contributed by atoms with Gasteiger partial charge in [-0.3, -0.25) is 24.5 Å². The molecular formula is C48H50N6O11S. The first-order valence-electron chi connectivity index (χ1n) is 21.4. The Morgan fingerprint density at radius 1 is 0.879 bits per heavy atom. The summed E-state index contributed by atoms with van der Waals surface area (Å²) in [7, 11) is 0. The molecule has 3 amide bonds. The van der Waals surface area contributed by atoms with Crippen LogP contribution in [0.1, 0.15) is 85.7 Å². The Kier molecular flexibility index (Phi) is 14.9. The van der Waals surface area contributed by atoms with E-state index in [1.807, 2.05) is 91.0 Å². The third-order valence-corrected chi connectivity index (χ3v) is 11.4. The molecule has 5 aromatic rings. The molecule has 344 valence electrons. The van der Waals surface area contributed by atoms with E-state index in [1.165, 1.54) is 16.3 Å². The van der Waals surface area contributed by atoms with Crippen molar-refractivity contribution in [2.75, 3.05) is 11.9 Å². The molecule has 0 radical (unpaired) electrons. The fraction of sp³-hybridized carbons (Fsp3) is 0.333. The van der Waals surface area contributed by atoms with E-state index in [2.05, 4.69) is 26.1 Å². The summed E-state index contributed by atoms with van der Waals surface area (Å²) in [6.45, 7) is 5.18. The summed E-state index contributed by atoms with van der Waals surface area (Å²) in [4.78, 5) is 96.8. The Morgan fingerprint density at radius 2 is 1.50 bits per heavy atom. The van der Waals surface area contributed by atoms with Gasteiger partial charge in [-0.05, 0) is 50.3 Å². The van der Waals surface area contributed by atoms with E-state index < -0.39 is 58.3 Å². The summed E-state index contributed by atoms with van der Waals surface area (Å²) in [5.74, 6) is -3.39. The summed E-state index contributed by atoms with van der Waals surface area (Å²) in [6, 6.07) is 28.1. The Morgan fingerprint density at radius 3 is 2.12 bits per heavy atom. The molecule has 1 saturated carbocycles. The van der Waals surface area contributed by atoms with Crippen LogP contribution in [0.4, 0.5) is 9.93 Å². The molecule has 2 fully saturated rings. The van der Waals surface area contributed by atoms with Crippen LogP contribution in [-0.2, 0) is 48.5 Å². The number of Topliss-reactive ketones (excluding diaryl/α,β-unsaturated/α-hetero) is 1. The second-order valence-electron chi connectivity index (χ2n) is 16.8. The lowest BCUT2D eigenvalue weighted by Gasteiger charge is -2.36. The van der Waals surface area contributed by atoms with E-state index >= 15 is 0 Å². The Labute approximate surface area is 384 Å². The summed E-state index contributed by atoms with van der Waals surface area (Å²) in [5.41, 5.74) is -0.796. The number of nitrogens with zero attached hydrogens (tertiary/aromatic N) is 3. The average Bonchev–Trinajstić information content (AvgIpc) is 3.99. The van der Waals surface area contributed by atoms with Crippen LogP contribution < -0.4 is 31.0 Å². The van der Waals surface area contributed by atoms with Gasteiger partial charge in [0.25, 0.3) is 5.91 Å². The highest BCUT2D eigenvalue weighted by atomic mass is 32.1. The van der Waals surface area contributed by atoms with Gasteiger partial charge >= 0.3 is 12.1 Å². The number of aromatic nitrogens is 2. The normalized spacial score (nSPS) is 16.5. The molecule has 1 aliphatic carbocycles. The van der Waals surface area contributed by atoms with Gasteiger partial charge in [0.05, 0.1) is 18.2 Å². The largest absolute Gasteiger partial charge is 0.483 e. The molecule has 2 atom stereocenters. The molecule has 0 unspecified atom stereocenters. The zero-order valence-electron chi connectivity index (χ0n) is 36.7. The van der Waals surface area contributed by atoms with Crippen LogP contribution in [0.3, 0.4) is 0 Å². The quantitative estimate of drug-likeness (QED) is 0.0369. The van der Waals surface area contributed by atoms with E-state index in [-0.39, 0.29) is 73.6 Å². The molecule has 2 aromatic heterocycles. The first kappa shape index (κ1) is 46.6. The lowest BCUT2D eigenvalue weighted by Crippen LogP contribution is -2.63. The second kappa shape index (κ2) is 21.1. The summed E-state index contributed by atoms with van der Waals surface area (Å²) in [6.07, 6.45) is 2.03. The minimum absolute atomic E-state index is 0.00796. The maximum Gasteiger partial charge on any atom is 0.413 e. The highest BCUT2D eigenvalue weighted by molar-refractivity contribution is 7.14. The number of β-lactam (4-membered cyclic amide) rings is 1. The van der Waals surface area contributed by atoms with Gasteiger partial charge < -0.3 is 34.5 Å². The number of ether oxygens (including phenoxy) is 3. The number of hydrogen-bond acceptors (Lipinski definition) is 14. The highest BCUT2D eigenvalue weighted by Crippen LogP contribution is 2.36. The third-order valence-electron chi connectivity index (χ3n) is 10.6. The molecular weight excluding hydrogens is 869 g/mol. The molecule has 2 aliphatic rings. The van der Waals surface area contributed by atoms with Crippen LogP contribution in [0, 0.1) is 5.92 Å². The Hall–Kier alpha value is -7.34. The number of ketones is 1. The lowest BCUT2D eigenvalue weighted by molar-refractivity contribution is -0.173. The van der Waals surface area contributed by atoms with E-state index in [0.29, 0.717) is 12.8 Å². The van der Waals surface area contributed by atoms with Gasteiger partial charge in [0, 0.05) is 37.3 Å². The van der Waals surface area contributed by atoms with Crippen molar-refractivity contribution in [1.82, 2.24) is 20.3 Å². The molecule has 66 heavy (non-hydrogen) atoms. The van der Waals surface area contributed by atoms with Gasteiger partial charge in [-0.15, -0.1) is 11.3 Å². The number of benzene rings is 3. The lowest BCUT2D eigenvalue weighted by atomic mass is 9.84. The monoisotopic (exact) mass is 918 g/mol. The number of hydrogen-bond donors (Lipinski definition) is 3. The van der Waals surface area contributed by atoms with Crippen LogP contribution in [0.5, 0.6) is 5.75 Å². The van der Waals surface area contributed by atoms with Crippen molar-refractivity contribution < 1.29 is 47.9 Å². The van der Waals surface area contributed by atoms with Crippen molar-refractivity contribution in [3.8, 4) is 5.75 Å². The third kappa shape index (κ3) is 12.3. The number of carbonyl (C=O) groups excluding carboxylic acids is 5. The second-order valence-corrected chi connectivity index (χ2v) is 17.6. The first-order chi connectivity index (χ1) is 31.7. The molecule has 3 heterocycles. The van der Waals surface area contributed by atoms with E-state index in [1.54, 1.807) is 20.8 Å². The van der Waals surface area contributed by atoms with Crippen molar-refractivity contribution in [3.05, 3.63) is 147 Å². The van der Waals surface area contributed by atoms with E-state index in [9.17, 15) is 28.8 Å². The van der Waals surface area contributed by atoms with Gasteiger partial charge in [-0.1, -0.05) is 96.2 Å². The number of rotatable bonds is 19. The van der Waals surface area contributed by atoms with E-state index in [4.69, 9.17) is 23.9 Å². The van der Waals surface area contributed by atoms with Gasteiger partial charge in [0.15, 0.2) is 22.4 Å². The number of amides is 3. The fourth-order valence-electron chi connectivity index (χ4n) is 7.17. The van der Waals surface area contributed by atoms with Crippen molar-refractivity contribution in [2.45, 2.75) is 89.9 Å². The number of oxime groups is 1. The van der Waals surface area contributed by atoms with Crippen LogP contribution in [0.25, 0.3) is 0 Å². The molecule has 0 spiro atoms. The maximum atomic E-state index is 14.2. The fourth-order valence-corrected chi connectivity index (χ4v) is 7.85. The molecule has 1 aliphatic heterocycles. The number of carbonyl (C=O) groups is 5. The SMILES string of the molecule is CC(C)(C)OC(=O)Nc1nc(/C(=N/OC2(C(=O)OCc3ccccc3)CCCC2)C(=O)C[C@@H]2C(=O)N[C@@H]2CNC(=O)c2cc(=O)c(OCc3ccccc3)cn2OCc2ccccc2)cs1. The highest BCUT2D eigenvalue weighted by Gasteiger charge is 2.47. The zero-order valence-corrected chi connectivity index (χ0v) is 37.5. The van der Waals surface area contributed by atoms with Crippen LogP contribution >= 0.6 is 11.3 Å². The van der Waals surface area contributed by atoms with Gasteiger partial charge in [0.1, 0.15) is 36.8 Å². The topological polar surface area (TPSA) is 215 Å². The molecule has 18 heteroatoms. The molecule has 0 bridgehead atoms. The average molecular weight is 919 g/mol. The van der Waals surface area contributed by atoms with Gasteiger partial charge in [-0.2, -0.15) is 4.73 Å². The summed E-state index contributed by atoms with van der Waals surface area (Å²) < 4.78 is 18.0. The van der Waals surface area contributed by atoms with E-state index in [0.717, 1.165) is 34.1 Å². The molecule has 3 N–H and O–H groups in total. The predicted octanol–water partition coefficient (Wildman–Crippen LogP) is 6.14. The van der Waals surface area contributed by atoms with Crippen LogP contribution in [0.15, 0.2) is 119 Å². The molecule has 17 nitrogen and oxygen atoms in total. The van der Waals surface area contributed by atoms with Crippen LogP contribution in [0.2, 0.25) is 0 Å². The van der Waals surface area contributed by atoms with Crippen molar-refractivity contribution >= 4 is 51.8 Å². The number of pyridine rings is 1. The number of thiazole rings is 1. The summed E-state index contributed by atoms with van der Waals surface area (Å²) in [5, 5.41) is 13.9. The molecule has 3 aromatic carbocycles. The molecule has 1 saturated heterocycles. The minimum atomic E-state index is -1.48. The zero-order chi connectivity index (χ0) is 46.7. The molecule has 7 rings (SSSR count). The van der Waals surface area contributed by atoms with Crippen LogP contribution in [-0.4, -0.2) is 68.9 Å². The van der Waals surface area contributed by atoms with Gasteiger partial charge in [-0.25, -0.2) is 14.6 Å². The number of esters is 1. The predicted molar refractivity (Wildman–Crippen MR) is 243 cm³/mol.